The lowest BCUT2D eigenvalue weighted by Gasteiger charge is -2.43. The summed E-state index contributed by atoms with van der Waals surface area (Å²) in [4.78, 5) is 17.9. The molecule has 2 saturated heterocycles. The number of ether oxygens (including phenoxy) is 1. The van der Waals surface area contributed by atoms with Crippen molar-refractivity contribution in [1.82, 2.24) is 4.98 Å². The maximum Gasteiger partial charge on any atom is 0.307 e. The molecule has 0 amide bonds. The smallest absolute Gasteiger partial charge is 0.307 e. The Morgan fingerprint density at radius 1 is 1.28 bits per heavy atom. The normalized spacial score (nSPS) is 28.3. The number of rotatable bonds is 2. The van der Waals surface area contributed by atoms with Gasteiger partial charge < -0.3 is 4.74 Å². The molecule has 1 spiro atoms. The van der Waals surface area contributed by atoms with Gasteiger partial charge in [0.25, 0.3) is 0 Å². The van der Waals surface area contributed by atoms with E-state index in [0.717, 1.165) is 39.1 Å². The zero-order chi connectivity index (χ0) is 17.7. The van der Waals surface area contributed by atoms with Gasteiger partial charge in [0, 0.05) is 22.4 Å². The van der Waals surface area contributed by atoms with Gasteiger partial charge in [-0.05, 0) is 29.9 Å². The van der Waals surface area contributed by atoms with Gasteiger partial charge in [-0.2, -0.15) is 11.8 Å². The van der Waals surface area contributed by atoms with Gasteiger partial charge in [-0.3, -0.25) is 4.79 Å². The van der Waals surface area contributed by atoms with Gasteiger partial charge in [0.15, 0.2) is 0 Å². The minimum Gasteiger partial charge on any atom is -0.458 e. The van der Waals surface area contributed by atoms with E-state index in [4.69, 9.17) is 16.3 Å². The van der Waals surface area contributed by atoms with Crippen LogP contribution in [-0.4, -0.2) is 27.1 Å². The first-order chi connectivity index (χ1) is 11.9. The Kier molecular flexibility index (Phi) is 4.37. The summed E-state index contributed by atoms with van der Waals surface area (Å²) in [6, 6.07) is 7.79. The third kappa shape index (κ3) is 3.34. The van der Waals surface area contributed by atoms with E-state index in [1.54, 1.807) is 11.3 Å². The van der Waals surface area contributed by atoms with Crippen molar-refractivity contribution < 1.29 is 9.53 Å². The molecule has 2 aromatic rings. The molecule has 6 heteroatoms. The van der Waals surface area contributed by atoms with Crippen molar-refractivity contribution in [2.24, 2.45) is 0 Å². The van der Waals surface area contributed by atoms with Crippen molar-refractivity contribution in [2.75, 3.05) is 5.75 Å². The molecular weight excluding hydrogens is 374 g/mol. The molecule has 2 fully saturated rings. The van der Waals surface area contributed by atoms with E-state index in [1.165, 1.54) is 0 Å². The molecule has 1 aromatic carbocycles. The Morgan fingerprint density at radius 3 is 2.76 bits per heavy atom. The third-order valence-corrected chi connectivity index (χ3v) is 7.76. The standard InChI is InChI=1S/C19H20ClNO2S2/c1-18(2)11-19(7-8-24-18)14(9-16(22)23-19)17-21-10-15(25-17)12-3-5-13(20)6-4-12/h3-6,10,14H,7-9,11H2,1-2H3. The number of benzene rings is 1. The maximum absolute atomic E-state index is 12.2. The minimum atomic E-state index is -0.388. The van der Waals surface area contributed by atoms with Gasteiger partial charge in [-0.25, -0.2) is 4.98 Å². The molecule has 3 nitrogen and oxygen atoms in total. The van der Waals surface area contributed by atoms with E-state index in [2.05, 4.69) is 18.8 Å². The average molecular weight is 394 g/mol. The van der Waals surface area contributed by atoms with Crippen LogP contribution in [0.25, 0.3) is 10.4 Å². The largest absolute Gasteiger partial charge is 0.458 e. The predicted molar refractivity (Wildman–Crippen MR) is 105 cm³/mol. The second-order valence-electron chi connectivity index (χ2n) is 7.40. The van der Waals surface area contributed by atoms with Crippen molar-refractivity contribution in [1.29, 1.82) is 0 Å². The monoisotopic (exact) mass is 393 g/mol. The van der Waals surface area contributed by atoms with Crippen LogP contribution in [0.2, 0.25) is 5.02 Å². The van der Waals surface area contributed by atoms with E-state index < -0.39 is 0 Å². The van der Waals surface area contributed by atoms with Gasteiger partial charge in [0.05, 0.1) is 17.2 Å². The van der Waals surface area contributed by atoms with Crippen LogP contribution in [0.15, 0.2) is 30.5 Å². The van der Waals surface area contributed by atoms with E-state index >= 15 is 0 Å². The number of thioether (sulfide) groups is 1. The summed E-state index contributed by atoms with van der Waals surface area (Å²) in [5.41, 5.74) is 0.716. The summed E-state index contributed by atoms with van der Waals surface area (Å²) in [5, 5.41) is 1.74. The number of esters is 1. The van der Waals surface area contributed by atoms with Gasteiger partial charge in [0.1, 0.15) is 10.6 Å². The van der Waals surface area contributed by atoms with Crippen LogP contribution in [0.5, 0.6) is 0 Å². The Bertz CT molecular complexity index is 802. The van der Waals surface area contributed by atoms with E-state index in [9.17, 15) is 4.79 Å². The Balaban J connectivity index is 1.66. The highest BCUT2D eigenvalue weighted by atomic mass is 35.5. The van der Waals surface area contributed by atoms with Gasteiger partial charge in [0.2, 0.25) is 0 Å². The summed E-state index contributed by atoms with van der Waals surface area (Å²) in [6.45, 7) is 4.48. The number of aromatic nitrogens is 1. The fourth-order valence-corrected chi connectivity index (χ4v) is 6.55. The van der Waals surface area contributed by atoms with Crippen molar-refractivity contribution >= 4 is 40.7 Å². The van der Waals surface area contributed by atoms with E-state index in [0.29, 0.717) is 6.42 Å². The number of hydrogen-bond donors (Lipinski definition) is 0. The summed E-state index contributed by atoms with van der Waals surface area (Å²) < 4.78 is 6.04. The molecule has 132 valence electrons. The number of nitrogens with zero attached hydrogens (tertiary/aromatic N) is 1. The average Bonchev–Trinajstić information content (AvgIpc) is 3.12. The SMILES string of the molecule is CC1(C)CC2(CCS1)OC(=O)CC2c1ncc(-c2ccc(Cl)cc2)s1. The number of halogens is 1. The Morgan fingerprint density at radius 2 is 2.04 bits per heavy atom. The van der Waals surface area contributed by atoms with Crippen molar-refractivity contribution in [3.63, 3.8) is 0 Å². The molecular formula is C19H20ClNO2S2. The fraction of sp³-hybridized carbons (Fsp3) is 0.474. The first kappa shape index (κ1) is 17.4. The molecule has 0 aliphatic carbocycles. The summed E-state index contributed by atoms with van der Waals surface area (Å²) in [5.74, 6) is 0.994. The van der Waals surface area contributed by atoms with Crippen LogP contribution in [0.3, 0.4) is 0 Å². The van der Waals surface area contributed by atoms with E-state index in [1.807, 2.05) is 42.2 Å². The zero-order valence-electron chi connectivity index (χ0n) is 14.3. The van der Waals surface area contributed by atoms with Gasteiger partial charge in [-0.15, -0.1) is 11.3 Å². The maximum atomic E-state index is 12.2. The second kappa shape index (κ2) is 6.29. The minimum absolute atomic E-state index is 0.0613. The highest BCUT2D eigenvalue weighted by Gasteiger charge is 2.55. The topological polar surface area (TPSA) is 39.2 Å². The summed E-state index contributed by atoms with van der Waals surface area (Å²) in [7, 11) is 0. The molecule has 1 aromatic heterocycles. The third-order valence-electron chi connectivity index (χ3n) is 5.02. The molecule has 0 bridgehead atoms. The Labute approximate surface area is 161 Å². The molecule has 0 N–H and O–H groups in total. The molecule has 2 aliphatic heterocycles. The van der Waals surface area contributed by atoms with Crippen molar-refractivity contribution in [3.8, 4) is 10.4 Å². The number of carbonyl (C=O) groups is 1. The van der Waals surface area contributed by atoms with Crippen molar-refractivity contribution in [2.45, 2.75) is 49.4 Å². The van der Waals surface area contributed by atoms with Crippen LogP contribution >= 0.6 is 34.7 Å². The van der Waals surface area contributed by atoms with Crippen LogP contribution in [0.4, 0.5) is 0 Å². The van der Waals surface area contributed by atoms with Gasteiger partial charge in [-0.1, -0.05) is 37.6 Å². The molecule has 2 aliphatic rings. The molecule has 25 heavy (non-hydrogen) atoms. The molecule has 2 unspecified atom stereocenters. The fourth-order valence-electron chi connectivity index (χ4n) is 3.95. The lowest BCUT2D eigenvalue weighted by molar-refractivity contribution is -0.150. The van der Waals surface area contributed by atoms with Crippen LogP contribution < -0.4 is 0 Å². The van der Waals surface area contributed by atoms with E-state index in [-0.39, 0.29) is 22.2 Å². The summed E-state index contributed by atoms with van der Waals surface area (Å²) >= 11 is 9.61. The molecule has 2 atom stereocenters. The molecule has 0 saturated carbocycles. The lowest BCUT2D eigenvalue weighted by atomic mass is 9.78. The van der Waals surface area contributed by atoms with Crippen LogP contribution in [0.1, 0.15) is 44.0 Å². The van der Waals surface area contributed by atoms with Crippen LogP contribution in [-0.2, 0) is 9.53 Å². The van der Waals surface area contributed by atoms with Crippen molar-refractivity contribution in [3.05, 3.63) is 40.5 Å². The summed E-state index contributed by atoms with van der Waals surface area (Å²) in [6.07, 6.45) is 4.14. The number of hydrogen-bond acceptors (Lipinski definition) is 5. The van der Waals surface area contributed by atoms with Crippen LogP contribution in [0, 0.1) is 0 Å². The molecule has 0 radical (unpaired) electrons. The second-order valence-corrected chi connectivity index (χ2v) is 10.7. The Hall–Kier alpha value is -1.04. The molecule has 4 rings (SSSR count). The molecule has 3 heterocycles. The first-order valence-corrected chi connectivity index (χ1v) is 10.6. The highest BCUT2D eigenvalue weighted by molar-refractivity contribution is 8.00. The number of carbonyl (C=O) groups excluding carboxylic acids is 1. The quantitative estimate of drug-likeness (QED) is 0.628. The predicted octanol–water partition coefficient (Wildman–Crippen LogP) is 5.54. The number of thiazole rings is 1. The lowest BCUT2D eigenvalue weighted by Crippen LogP contribution is -2.44. The first-order valence-electron chi connectivity index (χ1n) is 8.44. The van der Waals surface area contributed by atoms with Gasteiger partial charge >= 0.3 is 5.97 Å². The highest BCUT2D eigenvalue weighted by Crippen LogP contribution is 2.54. The zero-order valence-corrected chi connectivity index (χ0v) is 16.6.